The highest BCUT2D eigenvalue weighted by molar-refractivity contribution is 6.00. The number of aromatic nitrogens is 6. The molecule has 4 aliphatic rings. The van der Waals surface area contributed by atoms with E-state index in [-0.39, 0.29) is 30.9 Å². The van der Waals surface area contributed by atoms with Crippen LogP contribution >= 0.6 is 0 Å². The molecule has 2 aromatic heterocycles. The number of methoxy groups -OCH3 is 1. The van der Waals surface area contributed by atoms with Crippen molar-refractivity contribution in [1.82, 2.24) is 39.8 Å². The number of carbonyl (C=O) groups is 4. The van der Waals surface area contributed by atoms with Crippen LogP contribution in [-0.2, 0) is 51.2 Å². The summed E-state index contributed by atoms with van der Waals surface area (Å²) in [5.74, 6) is -5.33. The monoisotopic (exact) mass is 850 g/mol. The zero-order valence-corrected chi connectivity index (χ0v) is 37.0. The Labute approximate surface area is 356 Å². The van der Waals surface area contributed by atoms with Crippen molar-refractivity contribution < 1.29 is 48.0 Å². The predicted octanol–water partition coefficient (Wildman–Crippen LogP) is 3.28. The summed E-state index contributed by atoms with van der Waals surface area (Å²) in [5.41, 5.74) is -0.113. The second-order valence-corrected chi connectivity index (χ2v) is 18.3. The molecule has 1 aromatic carbocycles. The molecule has 1 saturated carbocycles. The van der Waals surface area contributed by atoms with Crippen LogP contribution < -0.4 is 0 Å². The van der Waals surface area contributed by atoms with Gasteiger partial charge in [0.25, 0.3) is 0 Å². The number of amides is 1. The van der Waals surface area contributed by atoms with Crippen molar-refractivity contribution in [2.75, 3.05) is 27.7 Å². The van der Waals surface area contributed by atoms with Gasteiger partial charge >= 0.3 is 12.1 Å². The molecular formula is C43H62N8O10. The third-order valence-corrected chi connectivity index (χ3v) is 13.8. The van der Waals surface area contributed by atoms with E-state index in [0.717, 1.165) is 16.7 Å². The average Bonchev–Trinajstić information content (AvgIpc) is 3.68. The summed E-state index contributed by atoms with van der Waals surface area (Å²) in [4.78, 5) is 60.2. The van der Waals surface area contributed by atoms with Crippen LogP contribution in [-0.4, -0.2) is 150 Å². The Kier molecular flexibility index (Phi) is 12.8. The number of unbranched alkanes of at least 4 members (excludes halogenated alkanes) is 1. The molecule has 334 valence electrons. The molecule has 3 saturated heterocycles. The quantitative estimate of drug-likeness (QED) is 0.167. The van der Waals surface area contributed by atoms with E-state index >= 15 is 0 Å². The molecule has 14 atom stereocenters. The Morgan fingerprint density at radius 3 is 2.39 bits per heavy atom. The topological polar surface area (TPSA) is 203 Å². The number of hydrogen-bond acceptors (Lipinski definition) is 15. The highest BCUT2D eigenvalue weighted by Gasteiger charge is 2.78. The van der Waals surface area contributed by atoms with Gasteiger partial charge in [-0.1, -0.05) is 50.3 Å². The van der Waals surface area contributed by atoms with Crippen LogP contribution in [0.3, 0.4) is 0 Å². The average molecular weight is 851 g/mol. The molecule has 3 aromatic rings. The second kappa shape index (κ2) is 17.4. The number of ether oxygens (including phenoxy) is 5. The number of aryl methyl sites for hydroxylation is 1. The maximum atomic E-state index is 14.7. The van der Waals surface area contributed by atoms with Crippen molar-refractivity contribution in [2.24, 2.45) is 29.6 Å². The van der Waals surface area contributed by atoms with Crippen molar-refractivity contribution in [3.63, 3.8) is 0 Å². The highest BCUT2D eigenvalue weighted by atomic mass is 16.7. The lowest BCUT2D eigenvalue weighted by Gasteiger charge is -2.46. The molecule has 7 rings (SSSR count). The third kappa shape index (κ3) is 8.33. The van der Waals surface area contributed by atoms with E-state index in [0.29, 0.717) is 32.4 Å². The van der Waals surface area contributed by atoms with Crippen LogP contribution in [0.15, 0.2) is 30.5 Å². The van der Waals surface area contributed by atoms with Crippen molar-refractivity contribution >= 4 is 34.7 Å². The molecule has 4 fully saturated rings. The molecular weight excluding hydrogens is 789 g/mol. The number of para-hydroxylation sites is 1. The van der Waals surface area contributed by atoms with E-state index in [1.54, 1.807) is 35.0 Å². The molecule has 0 bridgehead atoms. The summed E-state index contributed by atoms with van der Waals surface area (Å²) in [5, 5.41) is 28.5. The molecule has 1 aliphatic carbocycles. The fourth-order valence-electron chi connectivity index (χ4n) is 10.2. The van der Waals surface area contributed by atoms with E-state index in [2.05, 4.69) is 20.6 Å². The van der Waals surface area contributed by atoms with Crippen LogP contribution in [0, 0.1) is 29.6 Å². The number of rotatable bonds is 11. The van der Waals surface area contributed by atoms with Crippen molar-refractivity contribution in [3.8, 4) is 0 Å². The van der Waals surface area contributed by atoms with Crippen LogP contribution in [0.2, 0.25) is 0 Å². The molecule has 1 amide bonds. The van der Waals surface area contributed by atoms with Gasteiger partial charge in [-0.05, 0) is 72.7 Å². The number of benzene rings is 1. The van der Waals surface area contributed by atoms with Crippen LogP contribution in [0.1, 0.15) is 79.8 Å². The zero-order chi connectivity index (χ0) is 44.1. The number of esters is 1. The van der Waals surface area contributed by atoms with Gasteiger partial charge in [0, 0.05) is 49.9 Å². The molecule has 18 nitrogen and oxygen atoms in total. The fraction of sp³-hybridized carbons (Fsp3) is 0.721. The largest absolute Gasteiger partial charge is 0.457 e. The van der Waals surface area contributed by atoms with Gasteiger partial charge in [-0.2, -0.15) is 0 Å². The minimum absolute atomic E-state index is 0.129. The van der Waals surface area contributed by atoms with Gasteiger partial charge < -0.3 is 38.6 Å². The summed E-state index contributed by atoms with van der Waals surface area (Å²) in [7, 11) is 5.24. The van der Waals surface area contributed by atoms with Crippen molar-refractivity contribution in [2.45, 2.75) is 141 Å². The van der Waals surface area contributed by atoms with Crippen LogP contribution in [0.4, 0.5) is 4.79 Å². The van der Waals surface area contributed by atoms with E-state index in [4.69, 9.17) is 23.7 Å². The fourth-order valence-corrected chi connectivity index (χ4v) is 10.2. The lowest BCUT2D eigenvalue weighted by molar-refractivity contribution is -0.295. The van der Waals surface area contributed by atoms with E-state index in [1.807, 2.05) is 70.2 Å². The number of fused-ring (bicyclic) bond motifs is 1. The molecule has 3 aliphatic heterocycles. The SMILES string of the molecule is CO[C@@]1(C)CC(C)C(=O)[C@H](C)[C@H]2N(CCCCn3cc(Cn4nnc5ccccc54)nn3)C(=O)OC23C(OC(=O)C(C)C(=O)C(C)[C@H]1OC1OC(C)CC(N(C)C)C1O)[C@@H]3C. The first-order chi connectivity index (χ1) is 28.9. The molecule has 61 heavy (non-hydrogen) atoms. The Morgan fingerprint density at radius 2 is 1.67 bits per heavy atom. The first-order valence-corrected chi connectivity index (χ1v) is 21.6. The molecule has 1 spiro atoms. The number of aliphatic hydroxyl groups is 1. The maximum absolute atomic E-state index is 14.7. The smallest absolute Gasteiger partial charge is 0.410 e. The van der Waals surface area contributed by atoms with Gasteiger partial charge in [0.1, 0.15) is 29.0 Å². The lowest BCUT2D eigenvalue weighted by atomic mass is 9.75. The number of likely N-dealkylation sites (N-methyl/N-ethyl adjacent to an activating group) is 1. The van der Waals surface area contributed by atoms with Gasteiger partial charge in [-0.15, -0.1) is 10.2 Å². The molecule has 0 radical (unpaired) electrons. The Bertz CT molecular complexity index is 2090. The Balaban J connectivity index is 1.10. The van der Waals surface area contributed by atoms with Gasteiger partial charge in [-0.3, -0.25) is 19.1 Å². The molecule has 1 N–H and O–H groups in total. The predicted molar refractivity (Wildman–Crippen MR) is 219 cm³/mol. The molecule has 18 heteroatoms. The molecule has 5 heterocycles. The van der Waals surface area contributed by atoms with Crippen molar-refractivity contribution in [3.05, 3.63) is 36.2 Å². The minimum atomic E-state index is -1.27. The summed E-state index contributed by atoms with van der Waals surface area (Å²) in [6.07, 6.45) is -1.16. The molecule has 9 unspecified atom stereocenters. The van der Waals surface area contributed by atoms with E-state index in [1.165, 1.54) is 14.0 Å². The minimum Gasteiger partial charge on any atom is -0.457 e. The lowest BCUT2D eigenvalue weighted by Crippen LogP contribution is -2.59. The maximum Gasteiger partial charge on any atom is 0.410 e. The summed E-state index contributed by atoms with van der Waals surface area (Å²) in [6, 6.07) is 6.67. The number of Topliss-reactive ketones (excluding diaryl/α,β-unsaturated/α-hetero) is 2. The first-order valence-electron chi connectivity index (χ1n) is 21.6. The van der Waals surface area contributed by atoms with Crippen molar-refractivity contribution in [1.29, 1.82) is 0 Å². The van der Waals surface area contributed by atoms with Gasteiger partial charge in [0.2, 0.25) is 0 Å². The Hall–Kier alpha value is -4.36. The van der Waals surface area contributed by atoms with E-state index in [9.17, 15) is 24.3 Å². The number of nitrogens with zero attached hydrogens (tertiary/aromatic N) is 8. The first kappa shape index (κ1) is 44.7. The van der Waals surface area contributed by atoms with E-state index < -0.39 is 89.3 Å². The Morgan fingerprint density at radius 1 is 0.951 bits per heavy atom. The number of ketones is 2. The van der Waals surface area contributed by atoms with Gasteiger partial charge in [0.05, 0.1) is 42.1 Å². The third-order valence-electron chi connectivity index (χ3n) is 13.8. The number of aliphatic hydroxyl groups excluding tert-OH is 1. The standard InChI is InChI=1S/C43H62N8O10/c1-23-20-42(7,57-10)37(60-40-35(54)32(48(8)9)19-24(2)58-40)26(4)34(53)27(5)39(55)59-38-28(6)43(38)36(25(3)33(23)52)50(41(56)61-43)18-14-13-17-49-21-29(44-46-49)22-51-31-16-12-11-15-30(31)45-47-51/h11-12,15-16,21,23-28,32,35-38,40,54H,13-14,17-20,22H2,1-10H3/t23?,24?,25-,26?,27?,28-,32?,35?,36+,37+,38?,40?,42-,43?/m0/s1. The van der Waals surface area contributed by atoms with Gasteiger partial charge in [0.15, 0.2) is 23.8 Å². The van der Waals surface area contributed by atoms with Crippen LogP contribution in [0.25, 0.3) is 11.0 Å². The number of hydrogen-bond donors (Lipinski definition) is 1. The number of carbonyl (C=O) groups excluding carboxylic acids is 4. The zero-order valence-electron chi connectivity index (χ0n) is 37.0. The second-order valence-electron chi connectivity index (χ2n) is 18.3. The summed E-state index contributed by atoms with van der Waals surface area (Å²) < 4.78 is 34.7. The normalized spacial score (nSPS) is 37.3. The highest BCUT2D eigenvalue weighted by Crippen LogP contribution is 2.59. The van der Waals surface area contributed by atoms with Crippen LogP contribution in [0.5, 0.6) is 0 Å². The van der Waals surface area contributed by atoms with Gasteiger partial charge in [-0.25, -0.2) is 9.48 Å². The summed E-state index contributed by atoms with van der Waals surface area (Å²) >= 11 is 0. The summed E-state index contributed by atoms with van der Waals surface area (Å²) in [6.45, 7) is 13.5.